The molecule has 1 atom stereocenters. The highest BCUT2D eigenvalue weighted by atomic mass is 28.4. The fourth-order valence-corrected chi connectivity index (χ4v) is 5.95. The van der Waals surface area contributed by atoms with Gasteiger partial charge >= 0.3 is 11.9 Å². The van der Waals surface area contributed by atoms with Gasteiger partial charge in [0.25, 0.3) is 0 Å². The average molecular weight is 405 g/mol. The fraction of sp³-hybridized carbons (Fsp3) is 0.895. The van der Waals surface area contributed by atoms with Gasteiger partial charge < -0.3 is 14.3 Å². The van der Waals surface area contributed by atoms with Gasteiger partial charge in [-0.2, -0.15) is 0 Å². The molecule has 0 radical (unpaired) electrons. The number of ether oxygens (including phenoxy) is 2. The van der Waals surface area contributed by atoms with Crippen LogP contribution in [0.2, 0.25) is 43.8 Å². The van der Waals surface area contributed by atoms with E-state index in [0.29, 0.717) is 13.2 Å². The van der Waals surface area contributed by atoms with Crippen molar-refractivity contribution >= 4 is 28.3 Å². The molecule has 0 fully saturated rings. The van der Waals surface area contributed by atoms with E-state index in [-0.39, 0.29) is 23.4 Å². The molecule has 0 rings (SSSR count). The first-order valence-corrected chi connectivity index (χ1v) is 16.4. The maximum absolute atomic E-state index is 12.3. The lowest BCUT2D eigenvalue weighted by molar-refractivity contribution is -0.147. The van der Waals surface area contributed by atoms with Crippen molar-refractivity contribution in [3.63, 3.8) is 0 Å². The van der Waals surface area contributed by atoms with Crippen LogP contribution in [0, 0.1) is 5.92 Å². The second-order valence-corrected chi connectivity index (χ2v) is 18.4. The van der Waals surface area contributed by atoms with Crippen molar-refractivity contribution in [3.8, 4) is 0 Å². The minimum Gasteiger partial charge on any atom is -0.466 e. The van der Waals surface area contributed by atoms with Gasteiger partial charge in [0.1, 0.15) is 0 Å². The molecule has 0 aromatic heterocycles. The Morgan fingerprint density at radius 2 is 1.27 bits per heavy atom. The number of carbonyl (C=O) groups excluding carboxylic acids is 2. The van der Waals surface area contributed by atoms with E-state index in [2.05, 4.69) is 13.1 Å². The van der Waals surface area contributed by atoms with Crippen molar-refractivity contribution in [1.29, 1.82) is 0 Å². The number of rotatable bonds is 13. The van der Waals surface area contributed by atoms with Crippen LogP contribution in [0.4, 0.5) is 0 Å². The highest BCUT2D eigenvalue weighted by Crippen LogP contribution is 2.28. The summed E-state index contributed by atoms with van der Waals surface area (Å²) in [6, 6.07) is 1.87. The lowest BCUT2D eigenvalue weighted by Gasteiger charge is -2.28. The molecule has 0 saturated heterocycles. The summed E-state index contributed by atoms with van der Waals surface area (Å²) >= 11 is 0. The normalized spacial score (nSPS) is 13.6. The van der Waals surface area contributed by atoms with Gasteiger partial charge in [0.15, 0.2) is 8.32 Å². The van der Waals surface area contributed by atoms with Crippen molar-refractivity contribution < 1.29 is 23.9 Å². The zero-order valence-electron chi connectivity index (χ0n) is 17.9. The summed E-state index contributed by atoms with van der Waals surface area (Å²) in [7, 11) is -3.70. The van der Waals surface area contributed by atoms with E-state index in [1.54, 1.807) is 0 Å². The number of hydrogen-bond acceptors (Lipinski definition) is 5. The minimum atomic E-state index is -1.99. The van der Waals surface area contributed by atoms with E-state index in [1.807, 2.05) is 33.9 Å². The molecule has 0 aromatic carbocycles. The number of carbonyl (C=O) groups is 2. The highest BCUT2D eigenvalue weighted by Gasteiger charge is 2.34. The first-order chi connectivity index (χ1) is 11.9. The maximum Gasteiger partial charge on any atom is 0.308 e. The Labute approximate surface area is 162 Å². The Kier molecular flexibility index (Phi) is 11.6. The summed E-state index contributed by atoms with van der Waals surface area (Å²) < 4.78 is 10.6. The van der Waals surface area contributed by atoms with Crippen molar-refractivity contribution in [2.45, 2.75) is 90.3 Å². The van der Waals surface area contributed by atoms with Gasteiger partial charge in [-0.15, -0.1) is 0 Å². The number of hydrogen-bond donors (Lipinski definition) is 1. The second-order valence-electron chi connectivity index (χ2n) is 8.93. The van der Waals surface area contributed by atoms with E-state index in [0.717, 1.165) is 37.8 Å². The Balaban J connectivity index is 4.03. The number of unbranched alkanes of at least 4 members (excludes halogenated alkanes) is 2. The summed E-state index contributed by atoms with van der Waals surface area (Å²) in [6.45, 7) is 14.9. The van der Waals surface area contributed by atoms with E-state index < -0.39 is 16.4 Å². The molecule has 5 nitrogen and oxygen atoms in total. The Morgan fingerprint density at radius 1 is 0.808 bits per heavy atom. The Morgan fingerprint density at radius 3 is 1.73 bits per heavy atom. The minimum absolute atomic E-state index is 0.0376. The summed E-state index contributed by atoms with van der Waals surface area (Å²) in [5.74, 6) is -0.319. The molecule has 0 heterocycles. The molecule has 0 aliphatic carbocycles. The lowest BCUT2D eigenvalue weighted by Crippen LogP contribution is -2.36. The Bertz CT molecular complexity index is 430. The molecular formula is C19H40O5Si2. The van der Waals surface area contributed by atoms with Crippen LogP contribution in [0.25, 0.3) is 0 Å². The predicted molar refractivity (Wildman–Crippen MR) is 111 cm³/mol. The van der Waals surface area contributed by atoms with Gasteiger partial charge in [-0.05, 0) is 32.0 Å². The monoisotopic (exact) mass is 404 g/mol. The molecule has 0 saturated carbocycles. The van der Waals surface area contributed by atoms with Crippen molar-refractivity contribution in [2.24, 2.45) is 5.92 Å². The second kappa shape index (κ2) is 11.9. The molecule has 154 valence electrons. The summed E-state index contributed by atoms with van der Waals surface area (Å²) in [5, 5.41) is 0. The lowest BCUT2D eigenvalue weighted by atomic mass is 10.2. The molecule has 0 aliphatic heterocycles. The molecule has 0 spiro atoms. The van der Waals surface area contributed by atoms with Crippen molar-refractivity contribution in [2.75, 3.05) is 13.2 Å². The SMILES string of the molecule is CC(C)C(=O)OCCCC[Si](C)(C)C(C)C(=O)OCCCC[Si](C)(C)O. The zero-order valence-corrected chi connectivity index (χ0v) is 19.9. The van der Waals surface area contributed by atoms with Crippen LogP contribution in [0.15, 0.2) is 0 Å². The van der Waals surface area contributed by atoms with Crippen molar-refractivity contribution in [1.82, 2.24) is 0 Å². The summed E-state index contributed by atoms with van der Waals surface area (Å²) in [4.78, 5) is 33.5. The fourth-order valence-electron chi connectivity index (χ4n) is 2.52. The van der Waals surface area contributed by atoms with E-state index in [4.69, 9.17) is 9.47 Å². The first kappa shape index (κ1) is 25.3. The maximum atomic E-state index is 12.3. The van der Waals surface area contributed by atoms with Crippen LogP contribution < -0.4 is 0 Å². The topological polar surface area (TPSA) is 72.8 Å². The molecule has 1 N–H and O–H groups in total. The van der Waals surface area contributed by atoms with Gasteiger partial charge in [-0.25, -0.2) is 0 Å². The van der Waals surface area contributed by atoms with Crippen LogP contribution in [0.5, 0.6) is 0 Å². The third-order valence-corrected chi connectivity index (χ3v) is 10.7. The average Bonchev–Trinajstić information content (AvgIpc) is 2.51. The van der Waals surface area contributed by atoms with Gasteiger partial charge in [-0.3, -0.25) is 9.59 Å². The third kappa shape index (κ3) is 11.9. The smallest absolute Gasteiger partial charge is 0.308 e. The van der Waals surface area contributed by atoms with Gasteiger partial charge in [0.2, 0.25) is 0 Å². The van der Waals surface area contributed by atoms with E-state index in [1.165, 1.54) is 0 Å². The quantitative estimate of drug-likeness (QED) is 0.276. The van der Waals surface area contributed by atoms with E-state index in [9.17, 15) is 14.4 Å². The van der Waals surface area contributed by atoms with Gasteiger partial charge in [0, 0.05) is 5.54 Å². The van der Waals surface area contributed by atoms with Gasteiger partial charge in [0.05, 0.1) is 27.2 Å². The van der Waals surface area contributed by atoms with Crippen LogP contribution in [0.1, 0.15) is 46.5 Å². The summed E-state index contributed by atoms with van der Waals surface area (Å²) in [6.07, 6.45) is 3.54. The van der Waals surface area contributed by atoms with Crippen LogP contribution >= 0.6 is 0 Å². The molecule has 26 heavy (non-hydrogen) atoms. The number of esters is 2. The summed E-state index contributed by atoms with van der Waals surface area (Å²) in [5.41, 5.74) is -0.0376. The van der Waals surface area contributed by atoms with Crippen LogP contribution in [-0.4, -0.2) is 46.3 Å². The predicted octanol–water partition coefficient (Wildman–Crippen LogP) is 4.59. The zero-order chi connectivity index (χ0) is 20.4. The molecule has 0 amide bonds. The third-order valence-electron chi connectivity index (χ3n) is 4.88. The molecule has 0 aromatic rings. The van der Waals surface area contributed by atoms with Crippen molar-refractivity contribution in [3.05, 3.63) is 0 Å². The molecular weight excluding hydrogens is 364 g/mol. The van der Waals surface area contributed by atoms with E-state index >= 15 is 0 Å². The molecule has 7 heteroatoms. The molecule has 0 aliphatic rings. The standard InChI is InChI=1S/C19H40O5Si2/c1-16(2)18(20)23-12-8-10-14-25(4,5)17(3)19(21)24-13-9-11-15-26(6,7)22/h16-17,22H,8-15H2,1-7H3. The molecule has 0 bridgehead atoms. The van der Waals surface area contributed by atoms with Crippen LogP contribution in [0.3, 0.4) is 0 Å². The highest BCUT2D eigenvalue weighted by molar-refractivity contribution is 6.81. The largest absolute Gasteiger partial charge is 0.466 e. The first-order valence-electron chi connectivity index (χ1n) is 9.92. The van der Waals surface area contributed by atoms with Crippen LogP contribution in [-0.2, 0) is 19.1 Å². The molecule has 1 unspecified atom stereocenters. The Hall–Kier alpha value is -0.666. The van der Waals surface area contributed by atoms with Gasteiger partial charge in [-0.1, -0.05) is 52.8 Å².